The van der Waals surface area contributed by atoms with Gasteiger partial charge in [0.2, 0.25) is 6.04 Å². The number of likely N-dealkylation sites (N-methyl/N-ethyl adjacent to an activating group) is 1. The number of aliphatic carboxylic acids is 1. The number of carbonyl (C=O) groups excluding carboxylic acids is 2. The first kappa shape index (κ1) is 11.5. The molecule has 2 heterocycles. The van der Waals surface area contributed by atoms with Gasteiger partial charge in [0.05, 0.1) is 4.88 Å². The van der Waals surface area contributed by atoms with Crippen molar-refractivity contribution in [1.29, 1.82) is 0 Å². The lowest BCUT2D eigenvalue weighted by molar-refractivity contribution is -0.149. The van der Waals surface area contributed by atoms with Crippen LogP contribution in [0.4, 0.5) is 0 Å². The summed E-state index contributed by atoms with van der Waals surface area (Å²) in [6.07, 6.45) is 0. The predicted molar refractivity (Wildman–Crippen MR) is 60.1 cm³/mol. The quantitative estimate of drug-likeness (QED) is 0.592. The molecule has 1 aliphatic heterocycles. The zero-order valence-electron chi connectivity index (χ0n) is 8.78. The molecule has 0 bridgehead atoms. The molecule has 1 aromatic rings. The molecular formula is C10H8N2O4S. The van der Waals surface area contributed by atoms with Crippen molar-refractivity contribution in [2.24, 2.45) is 4.99 Å². The van der Waals surface area contributed by atoms with Gasteiger partial charge in [-0.05, 0) is 11.4 Å². The van der Waals surface area contributed by atoms with Gasteiger partial charge in [0.15, 0.2) is 0 Å². The summed E-state index contributed by atoms with van der Waals surface area (Å²) in [6, 6.07) is 1.84. The highest BCUT2D eigenvalue weighted by Crippen LogP contribution is 2.17. The second kappa shape index (κ2) is 4.10. The Morgan fingerprint density at radius 3 is 2.76 bits per heavy atom. The number of carboxylic acids is 1. The van der Waals surface area contributed by atoms with E-state index in [1.807, 2.05) is 0 Å². The SMILES string of the molecule is CN1C(=O)C(=O)C(C(=O)O)N=C1c1cccs1. The van der Waals surface area contributed by atoms with Crippen molar-refractivity contribution in [3.63, 3.8) is 0 Å². The van der Waals surface area contributed by atoms with Gasteiger partial charge in [-0.15, -0.1) is 11.3 Å². The molecule has 1 atom stereocenters. The number of ketones is 1. The molecule has 1 aliphatic rings. The lowest BCUT2D eigenvalue weighted by Gasteiger charge is -2.24. The molecule has 1 unspecified atom stereocenters. The molecule has 1 N–H and O–H groups in total. The zero-order chi connectivity index (χ0) is 12.6. The normalized spacial score (nSPS) is 20.4. The average molecular weight is 252 g/mol. The van der Waals surface area contributed by atoms with E-state index in [2.05, 4.69) is 4.99 Å². The molecule has 0 aliphatic carbocycles. The topological polar surface area (TPSA) is 87.0 Å². The van der Waals surface area contributed by atoms with E-state index in [0.717, 1.165) is 4.90 Å². The first-order valence-corrected chi connectivity index (χ1v) is 5.56. The molecule has 17 heavy (non-hydrogen) atoms. The molecule has 0 fully saturated rings. The summed E-state index contributed by atoms with van der Waals surface area (Å²) >= 11 is 1.32. The van der Waals surface area contributed by atoms with Gasteiger partial charge in [-0.1, -0.05) is 6.07 Å². The molecule has 7 heteroatoms. The van der Waals surface area contributed by atoms with Crippen molar-refractivity contribution in [2.75, 3.05) is 7.05 Å². The Morgan fingerprint density at radius 1 is 1.53 bits per heavy atom. The van der Waals surface area contributed by atoms with E-state index in [-0.39, 0.29) is 5.84 Å². The summed E-state index contributed by atoms with van der Waals surface area (Å²) in [5, 5.41) is 10.6. The molecular weight excluding hydrogens is 244 g/mol. The number of thiophene rings is 1. The number of nitrogens with zero attached hydrogens (tertiary/aromatic N) is 2. The average Bonchev–Trinajstić information content (AvgIpc) is 2.79. The maximum absolute atomic E-state index is 11.6. The Hall–Kier alpha value is -2.02. The minimum absolute atomic E-state index is 0.219. The lowest BCUT2D eigenvalue weighted by Crippen LogP contribution is -2.50. The monoisotopic (exact) mass is 252 g/mol. The number of rotatable bonds is 2. The van der Waals surface area contributed by atoms with Crippen LogP contribution in [0, 0.1) is 0 Å². The van der Waals surface area contributed by atoms with Crippen molar-refractivity contribution in [3.05, 3.63) is 22.4 Å². The minimum Gasteiger partial charge on any atom is -0.479 e. The number of carboxylic acid groups (broad SMARTS) is 1. The standard InChI is InChI=1S/C10H8N2O4S/c1-12-8(5-3-2-4-17-5)11-6(10(15)16)7(13)9(12)14/h2-4,6H,1H3,(H,15,16). The molecule has 2 rings (SSSR count). The Bertz CT molecular complexity index is 520. The van der Waals surface area contributed by atoms with Gasteiger partial charge in [-0.3, -0.25) is 14.5 Å². The fraction of sp³-hybridized carbons (Fsp3) is 0.200. The highest BCUT2D eigenvalue weighted by Gasteiger charge is 2.39. The van der Waals surface area contributed by atoms with E-state index >= 15 is 0 Å². The maximum Gasteiger partial charge on any atom is 0.336 e. The van der Waals surface area contributed by atoms with Crippen molar-refractivity contribution >= 4 is 34.8 Å². The largest absolute Gasteiger partial charge is 0.479 e. The summed E-state index contributed by atoms with van der Waals surface area (Å²) in [6.45, 7) is 0. The van der Waals surface area contributed by atoms with Crippen LogP contribution in [0.15, 0.2) is 22.5 Å². The van der Waals surface area contributed by atoms with Crippen LogP contribution in [0.5, 0.6) is 0 Å². The van der Waals surface area contributed by atoms with Gasteiger partial charge in [0.25, 0.3) is 11.7 Å². The maximum atomic E-state index is 11.6. The summed E-state index contributed by atoms with van der Waals surface area (Å²) in [5.74, 6) is -3.06. The second-order valence-corrected chi connectivity index (χ2v) is 4.35. The molecule has 0 radical (unpaired) electrons. The second-order valence-electron chi connectivity index (χ2n) is 3.40. The van der Waals surface area contributed by atoms with Crippen LogP contribution < -0.4 is 0 Å². The van der Waals surface area contributed by atoms with E-state index < -0.39 is 23.7 Å². The molecule has 0 saturated heterocycles. The molecule has 6 nitrogen and oxygen atoms in total. The van der Waals surface area contributed by atoms with Gasteiger partial charge in [0, 0.05) is 7.05 Å². The fourth-order valence-electron chi connectivity index (χ4n) is 1.45. The van der Waals surface area contributed by atoms with Gasteiger partial charge < -0.3 is 5.11 Å². The van der Waals surface area contributed by atoms with Crippen molar-refractivity contribution < 1.29 is 19.5 Å². The van der Waals surface area contributed by atoms with Crippen molar-refractivity contribution in [2.45, 2.75) is 6.04 Å². The molecule has 1 aromatic heterocycles. The fourth-order valence-corrected chi connectivity index (χ4v) is 2.20. The highest BCUT2D eigenvalue weighted by atomic mass is 32.1. The van der Waals surface area contributed by atoms with E-state index in [1.54, 1.807) is 17.5 Å². The smallest absolute Gasteiger partial charge is 0.336 e. The summed E-state index contributed by atoms with van der Waals surface area (Å²) in [5.41, 5.74) is 0. The van der Waals surface area contributed by atoms with Crippen LogP contribution in [0.2, 0.25) is 0 Å². The van der Waals surface area contributed by atoms with Crippen LogP contribution in [-0.4, -0.2) is 46.6 Å². The summed E-state index contributed by atoms with van der Waals surface area (Å²) in [4.78, 5) is 39.4. The van der Waals surface area contributed by atoms with Crippen molar-refractivity contribution in [3.8, 4) is 0 Å². The Morgan fingerprint density at radius 2 is 2.24 bits per heavy atom. The number of hydrogen-bond donors (Lipinski definition) is 1. The number of hydrogen-bond acceptors (Lipinski definition) is 5. The van der Waals surface area contributed by atoms with Crippen LogP contribution in [0.3, 0.4) is 0 Å². The highest BCUT2D eigenvalue weighted by molar-refractivity contribution is 7.12. The third kappa shape index (κ3) is 1.84. The van der Waals surface area contributed by atoms with Crippen LogP contribution >= 0.6 is 11.3 Å². The first-order valence-electron chi connectivity index (χ1n) is 4.68. The molecule has 1 amide bonds. The molecule has 0 spiro atoms. The zero-order valence-corrected chi connectivity index (χ0v) is 9.60. The number of carbonyl (C=O) groups is 3. The Labute approximate surface area is 100 Å². The number of Topliss-reactive ketones (excluding diaryl/α,β-unsaturated/α-hetero) is 1. The number of amidine groups is 1. The van der Waals surface area contributed by atoms with Gasteiger partial charge in [-0.2, -0.15) is 0 Å². The van der Waals surface area contributed by atoms with Gasteiger partial charge in [0.1, 0.15) is 5.84 Å². The van der Waals surface area contributed by atoms with E-state index in [0.29, 0.717) is 4.88 Å². The van der Waals surface area contributed by atoms with Crippen molar-refractivity contribution in [1.82, 2.24) is 4.90 Å². The van der Waals surface area contributed by atoms with Gasteiger partial charge >= 0.3 is 5.97 Å². The summed E-state index contributed by atoms with van der Waals surface area (Å²) < 4.78 is 0. The van der Waals surface area contributed by atoms with Crippen LogP contribution in [-0.2, 0) is 14.4 Å². The Kier molecular flexibility index (Phi) is 2.76. The first-order chi connectivity index (χ1) is 8.02. The predicted octanol–water partition coefficient (Wildman–Crippen LogP) is -0.0110. The third-order valence-corrected chi connectivity index (χ3v) is 3.17. The van der Waals surface area contributed by atoms with Crippen LogP contribution in [0.25, 0.3) is 0 Å². The Balaban J connectivity index is 2.50. The minimum atomic E-state index is -1.63. The molecule has 0 saturated carbocycles. The summed E-state index contributed by atoms with van der Waals surface area (Å²) in [7, 11) is 1.40. The molecule has 88 valence electrons. The van der Waals surface area contributed by atoms with Gasteiger partial charge in [-0.25, -0.2) is 9.79 Å². The molecule has 0 aromatic carbocycles. The lowest BCUT2D eigenvalue weighted by atomic mass is 10.1. The van der Waals surface area contributed by atoms with E-state index in [4.69, 9.17) is 5.11 Å². The number of aliphatic imine (C=N–C) groups is 1. The third-order valence-electron chi connectivity index (χ3n) is 2.31. The van der Waals surface area contributed by atoms with Crippen LogP contribution in [0.1, 0.15) is 4.88 Å². The van der Waals surface area contributed by atoms with E-state index in [9.17, 15) is 14.4 Å². The number of amides is 1. The van der Waals surface area contributed by atoms with E-state index in [1.165, 1.54) is 18.4 Å².